The van der Waals surface area contributed by atoms with Crippen LogP contribution >= 0.6 is 0 Å². The fourth-order valence-corrected chi connectivity index (χ4v) is 5.06. The number of esters is 1. The van der Waals surface area contributed by atoms with E-state index in [-0.39, 0.29) is 24.8 Å². The summed E-state index contributed by atoms with van der Waals surface area (Å²) in [5, 5.41) is 0. The van der Waals surface area contributed by atoms with E-state index in [0.717, 1.165) is 18.0 Å². The van der Waals surface area contributed by atoms with Crippen LogP contribution in [0.25, 0.3) is 0 Å². The maximum atomic E-state index is 12.1. The Bertz CT molecular complexity index is 742. The normalized spacial score (nSPS) is 34.0. The summed E-state index contributed by atoms with van der Waals surface area (Å²) in [6.07, 6.45) is 4.67. The first-order valence-corrected chi connectivity index (χ1v) is 9.99. The molecule has 0 amide bonds. The van der Waals surface area contributed by atoms with E-state index in [0.29, 0.717) is 23.2 Å². The zero-order valence-electron chi connectivity index (χ0n) is 17.2. The van der Waals surface area contributed by atoms with Crippen LogP contribution in [0.15, 0.2) is 18.3 Å². The van der Waals surface area contributed by atoms with Gasteiger partial charge in [0.25, 0.3) is 0 Å². The molecule has 3 saturated carbocycles. The minimum absolute atomic E-state index is 0.170. The Morgan fingerprint density at radius 3 is 2.67 bits per heavy atom. The van der Waals surface area contributed by atoms with Crippen LogP contribution in [0.5, 0.6) is 0 Å². The second kappa shape index (κ2) is 6.05. The molecule has 1 aromatic heterocycles. The Morgan fingerprint density at radius 1 is 1.33 bits per heavy atom. The van der Waals surface area contributed by atoms with E-state index >= 15 is 0 Å². The Balaban J connectivity index is 1.40. The molecule has 4 fully saturated rings. The predicted molar refractivity (Wildman–Crippen MR) is 103 cm³/mol. The van der Waals surface area contributed by atoms with Gasteiger partial charge in [0.15, 0.2) is 0 Å². The second-order valence-electron chi connectivity index (χ2n) is 10.2. The van der Waals surface area contributed by atoms with Gasteiger partial charge in [0.1, 0.15) is 5.60 Å². The summed E-state index contributed by atoms with van der Waals surface area (Å²) >= 11 is 0. The molecule has 2 bridgehead atoms. The van der Waals surface area contributed by atoms with Crippen LogP contribution in [0.1, 0.15) is 70.4 Å². The van der Waals surface area contributed by atoms with Gasteiger partial charge < -0.3 is 14.0 Å². The topological polar surface area (TPSA) is 57.7 Å². The lowest BCUT2D eigenvalue weighted by molar-refractivity contribution is -0.185. The molecule has 27 heavy (non-hydrogen) atoms. The molecule has 146 valence electrons. The molecule has 5 rings (SSSR count). The Labute approximate surface area is 162 Å². The molecule has 1 unspecified atom stereocenters. The highest BCUT2D eigenvalue weighted by Crippen LogP contribution is 2.64. The lowest BCUT2D eigenvalue weighted by Gasteiger charge is -2.63. The van der Waals surface area contributed by atoms with Gasteiger partial charge in [0.05, 0.1) is 17.3 Å². The summed E-state index contributed by atoms with van der Waals surface area (Å²) in [5.41, 5.74) is 0.993. The number of hydrogen-bond acceptors (Lipinski definition) is 5. The number of aromatic nitrogens is 1. The molecular weight excluding hydrogens is 341 g/mol. The first-order valence-electron chi connectivity index (χ1n) is 9.99. The highest BCUT2D eigenvalue weighted by Gasteiger charge is 2.66. The van der Waals surface area contributed by atoms with Crippen LogP contribution in [0.4, 0.5) is 0 Å². The van der Waals surface area contributed by atoms with Crippen LogP contribution in [-0.2, 0) is 20.4 Å². The lowest BCUT2D eigenvalue weighted by atomic mass is 9.45. The molecule has 0 spiro atoms. The molecule has 3 aliphatic carbocycles. The maximum Gasteiger partial charge on any atom is 0.463 e. The molecule has 4 atom stereocenters. The van der Waals surface area contributed by atoms with Crippen molar-refractivity contribution in [3.63, 3.8) is 0 Å². The van der Waals surface area contributed by atoms with Crippen LogP contribution in [0, 0.1) is 17.3 Å². The standard InChI is InChI=1S/C21H30BNO4/c1-19(2,3)25-18(24)13-7-8-15(23-12-13)11-22-26-17-16-9-14(20(16,4)5)10-21(17,6)27-22/h7-8,12,14,16-17H,9-11H2,1-6H3/t14-,16+,17?,21+/m1/s1. The minimum Gasteiger partial charge on any atom is -0.456 e. The van der Waals surface area contributed by atoms with Crippen LogP contribution in [0.3, 0.4) is 0 Å². The van der Waals surface area contributed by atoms with Crippen molar-refractivity contribution in [2.45, 2.75) is 78.0 Å². The third kappa shape index (κ3) is 3.31. The highest BCUT2D eigenvalue weighted by molar-refractivity contribution is 6.44. The van der Waals surface area contributed by atoms with Gasteiger partial charge in [-0.25, -0.2) is 4.79 Å². The van der Waals surface area contributed by atoms with Crippen molar-refractivity contribution in [3.05, 3.63) is 29.6 Å². The van der Waals surface area contributed by atoms with Crippen molar-refractivity contribution < 1.29 is 18.8 Å². The van der Waals surface area contributed by atoms with Gasteiger partial charge in [-0.3, -0.25) is 4.98 Å². The van der Waals surface area contributed by atoms with E-state index in [1.54, 1.807) is 12.3 Å². The average molecular weight is 371 g/mol. The smallest absolute Gasteiger partial charge is 0.456 e. The molecule has 0 N–H and O–H groups in total. The first-order chi connectivity index (χ1) is 12.5. The zero-order chi connectivity index (χ0) is 19.6. The van der Waals surface area contributed by atoms with Crippen LogP contribution < -0.4 is 0 Å². The molecule has 1 aliphatic heterocycles. The van der Waals surface area contributed by atoms with Gasteiger partial charge in [-0.15, -0.1) is 0 Å². The van der Waals surface area contributed by atoms with Gasteiger partial charge in [0.2, 0.25) is 0 Å². The molecule has 1 aromatic rings. The molecule has 2 heterocycles. The largest absolute Gasteiger partial charge is 0.463 e. The van der Waals surface area contributed by atoms with E-state index < -0.39 is 5.60 Å². The number of rotatable bonds is 3. The number of carbonyl (C=O) groups is 1. The molecule has 0 radical (unpaired) electrons. The number of hydrogen-bond donors (Lipinski definition) is 0. The SMILES string of the molecule is CC(C)(C)OC(=O)c1ccc(CB2OC3[C@@H]4C[C@H](C[C@]3(C)O2)C4(C)C)nc1. The predicted octanol–water partition coefficient (Wildman–Crippen LogP) is 3.85. The summed E-state index contributed by atoms with van der Waals surface area (Å²) in [4.78, 5) is 16.5. The van der Waals surface area contributed by atoms with Crippen LogP contribution in [-0.4, -0.2) is 35.4 Å². The van der Waals surface area contributed by atoms with Crippen molar-refractivity contribution in [1.29, 1.82) is 0 Å². The summed E-state index contributed by atoms with van der Waals surface area (Å²) in [6.45, 7) is 12.5. The summed E-state index contributed by atoms with van der Waals surface area (Å²) in [5.74, 6) is 0.960. The van der Waals surface area contributed by atoms with Gasteiger partial charge >= 0.3 is 13.1 Å². The monoisotopic (exact) mass is 371 g/mol. The van der Waals surface area contributed by atoms with E-state index in [9.17, 15) is 4.79 Å². The molecule has 4 aliphatic rings. The van der Waals surface area contributed by atoms with Crippen molar-refractivity contribution in [1.82, 2.24) is 4.98 Å². The fourth-order valence-electron chi connectivity index (χ4n) is 5.06. The number of pyridine rings is 1. The minimum atomic E-state index is -0.512. The van der Waals surface area contributed by atoms with E-state index in [1.807, 2.05) is 26.8 Å². The number of ether oxygens (including phenoxy) is 1. The molecule has 5 nitrogen and oxygen atoms in total. The Hall–Kier alpha value is -1.40. The summed E-state index contributed by atoms with van der Waals surface area (Å²) in [7, 11) is -0.268. The van der Waals surface area contributed by atoms with E-state index in [1.165, 1.54) is 6.42 Å². The van der Waals surface area contributed by atoms with Crippen molar-refractivity contribution in [3.8, 4) is 0 Å². The average Bonchev–Trinajstić information content (AvgIpc) is 2.89. The fraction of sp³-hybridized carbons (Fsp3) is 0.714. The third-order valence-corrected chi connectivity index (χ3v) is 6.70. The molecule has 0 aromatic carbocycles. The quantitative estimate of drug-likeness (QED) is 0.597. The van der Waals surface area contributed by atoms with Crippen LogP contribution in [0.2, 0.25) is 0 Å². The van der Waals surface area contributed by atoms with Crippen molar-refractivity contribution in [2.75, 3.05) is 0 Å². The Morgan fingerprint density at radius 2 is 2.07 bits per heavy atom. The zero-order valence-corrected chi connectivity index (χ0v) is 17.2. The Kier molecular flexibility index (Phi) is 4.24. The first kappa shape index (κ1) is 18.9. The molecular formula is C21H30BNO4. The van der Waals surface area contributed by atoms with E-state index in [4.69, 9.17) is 14.0 Å². The summed E-state index contributed by atoms with van der Waals surface area (Å²) in [6, 6.07) is 3.63. The number of carbonyl (C=O) groups excluding carboxylic acids is 1. The van der Waals surface area contributed by atoms with Gasteiger partial charge in [-0.1, -0.05) is 13.8 Å². The van der Waals surface area contributed by atoms with E-state index in [2.05, 4.69) is 25.8 Å². The highest BCUT2D eigenvalue weighted by atomic mass is 16.7. The van der Waals surface area contributed by atoms with Crippen molar-refractivity contribution >= 4 is 13.1 Å². The van der Waals surface area contributed by atoms with Crippen molar-refractivity contribution in [2.24, 2.45) is 17.3 Å². The summed E-state index contributed by atoms with van der Waals surface area (Å²) < 4.78 is 18.1. The second-order valence-corrected chi connectivity index (χ2v) is 10.2. The third-order valence-electron chi connectivity index (χ3n) is 6.70. The lowest BCUT2D eigenvalue weighted by Crippen LogP contribution is -2.63. The van der Waals surface area contributed by atoms with Gasteiger partial charge in [0, 0.05) is 18.2 Å². The molecule has 6 heteroatoms. The molecule has 1 saturated heterocycles. The van der Waals surface area contributed by atoms with Gasteiger partial charge in [-0.05, 0) is 69.9 Å². The van der Waals surface area contributed by atoms with Gasteiger partial charge in [-0.2, -0.15) is 0 Å². The maximum absolute atomic E-state index is 12.1. The number of nitrogens with zero attached hydrogens (tertiary/aromatic N) is 1.